The SMILES string of the molecule is O=CCC1CCN(c2ccc(NC3CCC(=O)NC3=O)cc2F)C1. The number of halogens is 1. The average Bonchev–Trinajstić information content (AvgIpc) is 2.99. The van der Waals surface area contributed by atoms with Crippen LogP contribution in [0.3, 0.4) is 0 Å². The summed E-state index contributed by atoms with van der Waals surface area (Å²) in [5.41, 5.74) is 1.02. The van der Waals surface area contributed by atoms with E-state index in [9.17, 15) is 18.8 Å². The van der Waals surface area contributed by atoms with Crippen LogP contribution in [0.2, 0.25) is 0 Å². The highest BCUT2D eigenvalue weighted by molar-refractivity contribution is 6.01. The van der Waals surface area contributed by atoms with Gasteiger partial charge in [-0.15, -0.1) is 0 Å². The van der Waals surface area contributed by atoms with Crippen LogP contribution in [-0.2, 0) is 14.4 Å². The molecule has 0 radical (unpaired) electrons. The Balaban J connectivity index is 1.66. The van der Waals surface area contributed by atoms with Gasteiger partial charge >= 0.3 is 0 Å². The second-order valence-corrected chi connectivity index (χ2v) is 6.32. The summed E-state index contributed by atoms with van der Waals surface area (Å²) in [6.07, 6.45) is 2.97. The normalized spacial score (nSPS) is 24.0. The van der Waals surface area contributed by atoms with E-state index in [2.05, 4.69) is 10.6 Å². The van der Waals surface area contributed by atoms with E-state index in [-0.39, 0.29) is 30.0 Å². The number of piperidine rings is 1. The van der Waals surface area contributed by atoms with Crippen molar-refractivity contribution in [1.29, 1.82) is 0 Å². The summed E-state index contributed by atoms with van der Waals surface area (Å²) in [6, 6.07) is 4.25. The summed E-state index contributed by atoms with van der Waals surface area (Å²) in [7, 11) is 0. The third-order valence-electron chi connectivity index (χ3n) is 4.58. The number of anilines is 2. The molecule has 2 N–H and O–H groups in total. The summed E-state index contributed by atoms with van der Waals surface area (Å²) in [4.78, 5) is 35.4. The molecule has 0 aromatic heterocycles. The van der Waals surface area contributed by atoms with Gasteiger partial charge in [0.15, 0.2) is 0 Å². The number of carbonyl (C=O) groups is 3. The quantitative estimate of drug-likeness (QED) is 0.630. The van der Waals surface area contributed by atoms with Crippen molar-refractivity contribution in [3.05, 3.63) is 24.0 Å². The van der Waals surface area contributed by atoms with Crippen LogP contribution in [0.4, 0.5) is 15.8 Å². The summed E-state index contributed by atoms with van der Waals surface area (Å²) in [5, 5.41) is 5.24. The van der Waals surface area contributed by atoms with Crippen molar-refractivity contribution in [2.24, 2.45) is 5.92 Å². The van der Waals surface area contributed by atoms with Crippen LogP contribution < -0.4 is 15.5 Å². The number of rotatable bonds is 5. The molecule has 1 aromatic carbocycles. The Bertz CT molecular complexity index is 664. The highest BCUT2D eigenvalue weighted by Crippen LogP contribution is 2.29. The highest BCUT2D eigenvalue weighted by Gasteiger charge is 2.27. The standard InChI is InChI=1S/C17H20FN3O3/c18-13-9-12(19-14-2-4-16(23)20-17(14)24)1-3-15(13)21-7-5-11(10-21)6-8-22/h1,3,8-9,11,14,19H,2,4-7,10H2,(H,20,23,24). The molecule has 24 heavy (non-hydrogen) atoms. The number of aldehydes is 1. The van der Waals surface area contributed by atoms with Crippen molar-refractivity contribution < 1.29 is 18.8 Å². The van der Waals surface area contributed by atoms with Crippen LogP contribution in [0.1, 0.15) is 25.7 Å². The van der Waals surface area contributed by atoms with Crippen LogP contribution in [0.25, 0.3) is 0 Å². The van der Waals surface area contributed by atoms with Crippen molar-refractivity contribution in [3.63, 3.8) is 0 Å². The molecule has 2 heterocycles. The Morgan fingerprint density at radius 2 is 2.17 bits per heavy atom. The minimum absolute atomic E-state index is 0.274. The number of carbonyl (C=O) groups excluding carboxylic acids is 3. The van der Waals surface area contributed by atoms with E-state index in [1.807, 2.05) is 4.90 Å². The van der Waals surface area contributed by atoms with Crippen molar-refractivity contribution >= 4 is 29.5 Å². The molecular weight excluding hydrogens is 313 g/mol. The van der Waals surface area contributed by atoms with Gasteiger partial charge in [-0.05, 0) is 37.0 Å². The van der Waals surface area contributed by atoms with Crippen molar-refractivity contribution in [3.8, 4) is 0 Å². The Kier molecular flexibility index (Phi) is 4.78. The van der Waals surface area contributed by atoms with Crippen LogP contribution >= 0.6 is 0 Å². The molecule has 3 rings (SSSR count). The highest BCUT2D eigenvalue weighted by atomic mass is 19.1. The maximum absolute atomic E-state index is 14.4. The van der Waals surface area contributed by atoms with Crippen LogP contribution in [-0.4, -0.2) is 37.2 Å². The molecule has 0 saturated carbocycles. The van der Waals surface area contributed by atoms with Crippen LogP contribution in [0.5, 0.6) is 0 Å². The molecule has 0 aliphatic carbocycles. The number of nitrogens with zero attached hydrogens (tertiary/aromatic N) is 1. The Hall–Kier alpha value is -2.44. The zero-order valence-electron chi connectivity index (χ0n) is 13.3. The van der Waals surface area contributed by atoms with Gasteiger partial charge in [0.2, 0.25) is 11.8 Å². The number of imide groups is 1. The first-order chi connectivity index (χ1) is 11.6. The van der Waals surface area contributed by atoms with E-state index < -0.39 is 6.04 Å². The Morgan fingerprint density at radius 3 is 2.88 bits per heavy atom. The smallest absolute Gasteiger partial charge is 0.249 e. The monoisotopic (exact) mass is 333 g/mol. The third-order valence-corrected chi connectivity index (χ3v) is 4.58. The van der Waals surface area contributed by atoms with Gasteiger partial charge < -0.3 is 15.0 Å². The average molecular weight is 333 g/mol. The van der Waals surface area contributed by atoms with E-state index in [0.717, 1.165) is 19.3 Å². The van der Waals surface area contributed by atoms with Gasteiger partial charge in [0.05, 0.1) is 5.69 Å². The summed E-state index contributed by atoms with van der Waals surface area (Å²) < 4.78 is 14.4. The van der Waals surface area contributed by atoms with Gasteiger partial charge in [0.25, 0.3) is 0 Å². The molecule has 2 aliphatic heterocycles. The molecule has 2 saturated heterocycles. The van der Waals surface area contributed by atoms with E-state index in [1.54, 1.807) is 12.1 Å². The first-order valence-electron chi connectivity index (χ1n) is 8.15. The zero-order chi connectivity index (χ0) is 17.1. The lowest BCUT2D eigenvalue weighted by molar-refractivity contribution is -0.133. The first kappa shape index (κ1) is 16.4. The maximum Gasteiger partial charge on any atom is 0.249 e. The molecule has 2 atom stereocenters. The topological polar surface area (TPSA) is 78.5 Å². The van der Waals surface area contributed by atoms with Crippen molar-refractivity contribution in [2.45, 2.75) is 31.7 Å². The molecule has 1 aromatic rings. The number of amides is 2. The second-order valence-electron chi connectivity index (χ2n) is 6.32. The van der Waals surface area contributed by atoms with Gasteiger partial charge in [0.1, 0.15) is 18.1 Å². The van der Waals surface area contributed by atoms with Crippen molar-refractivity contribution in [2.75, 3.05) is 23.3 Å². The molecule has 2 unspecified atom stereocenters. The number of benzene rings is 1. The molecule has 6 nitrogen and oxygen atoms in total. The molecule has 2 fully saturated rings. The third kappa shape index (κ3) is 3.55. The molecule has 2 aliphatic rings. The number of nitrogens with one attached hydrogen (secondary N) is 2. The lowest BCUT2D eigenvalue weighted by Gasteiger charge is -2.24. The fraction of sp³-hybridized carbons (Fsp3) is 0.471. The van der Waals surface area contributed by atoms with E-state index >= 15 is 0 Å². The van der Waals surface area contributed by atoms with Gasteiger partial charge in [-0.3, -0.25) is 14.9 Å². The van der Waals surface area contributed by atoms with Gasteiger partial charge in [0, 0.05) is 31.6 Å². The molecule has 2 amide bonds. The minimum Gasteiger partial charge on any atom is -0.374 e. The lowest BCUT2D eigenvalue weighted by atomic mass is 10.1. The molecular formula is C17H20FN3O3. The summed E-state index contributed by atoms with van der Waals surface area (Å²) in [5.74, 6) is -0.743. The fourth-order valence-corrected chi connectivity index (χ4v) is 3.27. The minimum atomic E-state index is -0.531. The lowest BCUT2D eigenvalue weighted by Crippen LogP contribution is -2.47. The first-order valence-corrected chi connectivity index (χ1v) is 8.15. The van der Waals surface area contributed by atoms with Crippen LogP contribution in [0, 0.1) is 11.7 Å². The van der Waals surface area contributed by atoms with E-state index in [1.165, 1.54) is 6.07 Å². The second kappa shape index (κ2) is 6.98. The van der Waals surface area contributed by atoms with E-state index in [0.29, 0.717) is 30.8 Å². The fourth-order valence-electron chi connectivity index (χ4n) is 3.27. The van der Waals surface area contributed by atoms with Crippen LogP contribution in [0.15, 0.2) is 18.2 Å². The van der Waals surface area contributed by atoms with Crippen molar-refractivity contribution in [1.82, 2.24) is 5.32 Å². The predicted molar refractivity (Wildman–Crippen MR) is 87.2 cm³/mol. The zero-order valence-corrected chi connectivity index (χ0v) is 13.3. The number of hydrogen-bond acceptors (Lipinski definition) is 5. The molecule has 128 valence electrons. The largest absolute Gasteiger partial charge is 0.374 e. The summed E-state index contributed by atoms with van der Waals surface area (Å²) >= 11 is 0. The molecule has 0 bridgehead atoms. The molecule has 7 heteroatoms. The predicted octanol–water partition coefficient (Wildman–Crippen LogP) is 1.46. The Labute approximate surface area is 139 Å². The Morgan fingerprint density at radius 1 is 1.33 bits per heavy atom. The molecule has 0 spiro atoms. The van der Waals surface area contributed by atoms with E-state index in [4.69, 9.17) is 0 Å². The van der Waals surface area contributed by atoms with Gasteiger partial charge in [-0.1, -0.05) is 0 Å². The summed E-state index contributed by atoms with van der Waals surface area (Å²) in [6.45, 7) is 1.41. The number of hydrogen-bond donors (Lipinski definition) is 2. The van der Waals surface area contributed by atoms with Gasteiger partial charge in [-0.25, -0.2) is 4.39 Å². The van der Waals surface area contributed by atoms with Gasteiger partial charge in [-0.2, -0.15) is 0 Å². The maximum atomic E-state index is 14.4.